The fraction of sp³-hybridized carbons (Fsp3) is 0.200. The van der Waals surface area contributed by atoms with Crippen LogP contribution in [0.1, 0.15) is 6.92 Å². The fourth-order valence-electron chi connectivity index (χ4n) is 0.980. The number of nitrogens with zero attached hydrogens (tertiary/aromatic N) is 1. The molecule has 0 spiro atoms. The van der Waals surface area contributed by atoms with Crippen molar-refractivity contribution in [3.8, 4) is 0 Å². The summed E-state index contributed by atoms with van der Waals surface area (Å²) >= 11 is 10.1. The number of hydrogen-bond acceptors (Lipinski definition) is 0. The standard InChI is InChI=1S/C8H7N.C2H4Cl2/c1-2-6-9-7-3-5-8(9)4-1;1-2(3)4/h1-7H;2H,1H3. The topological polar surface area (TPSA) is 4.41 Å². The van der Waals surface area contributed by atoms with Gasteiger partial charge in [0.2, 0.25) is 0 Å². The lowest BCUT2D eigenvalue weighted by molar-refractivity contribution is 1.20. The summed E-state index contributed by atoms with van der Waals surface area (Å²) in [5.74, 6) is 0. The highest BCUT2D eigenvalue weighted by molar-refractivity contribution is 6.43. The first-order valence-corrected chi connectivity index (χ1v) is 4.87. The third-order valence-corrected chi connectivity index (χ3v) is 1.44. The lowest BCUT2D eigenvalue weighted by Crippen LogP contribution is -1.75. The summed E-state index contributed by atoms with van der Waals surface area (Å²) in [5, 5.41) is 0. The van der Waals surface area contributed by atoms with Crippen molar-refractivity contribution >= 4 is 28.7 Å². The van der Waals surface area contributed by atoms with E-state index >= 15 is 0 Å². The van der Waals surface area contributed by atoms with Crippen molar-refractivity contribution in [2.75, 3.05) is 0 Å². The molecule has 0 radical (unpaired) electrons. The second kappa shape index (κ2) is 5.15. The highest BCUT2D eigenvalue weighted by Crippen LogP contribution is 2.01. The van der Waals surface area contributed by atoms with E-state index in [-0.39, 0.29) is 4.84 Å². The predicted molar refractivity (Wildman–Crippen MR) is 58.6 cm³/mol. The van der Waals surface area contributed by atoms with Crippen LogP contribution < -0.4 is 0 Å². The molecule has 0 aliphatic rings. The molecule has 13 heavy (non-hydrogen) atoms. The van der Waals surface area contributed by atoms with Crippen LogP contribution in [0.4, 0.5) is 0 Å². The van der Waals surface area contributed by atoms with E-state index in [1.807, 2.05) is 30.6 Å². The lowest BCUT2D eigenvalue weighted by Gasteiger charge is -1.88. The highest BCUT2D eigenvalue weighted by atomic mass is 35.5. The summed E-state index contributed by atoms with van der Waals surface area (Å²) < 4.78 is 2.08. The van der Waals surface area contributed by atoms with Crippen molar-refractivity contribution in [1.29, 1.82) is 0 Å². The van der Waals surface area contributed by atoms with Gasteiger partial charge in [-0.15, -0.1) is 23.2 Å². The second-order valence-corrected chi connectivity index (χ2v) is 4.09. The monoisotopic (exact) mass is 215 g/mol. The maximum absolute atomic E-state index is 5.04. The predicted octanol–water partition coefficient (Wildman–Crippen LogP) is 3.75. The van der Waals surface area contributed by atoms with Crippen molar-refractivity contribution in [2.45, 2.75) is 11.8 Å². The first kappa shape index (κ1) is 10.4. The molecule has 0 unspecified atom stereocenters. The third-order valence-electron chi connectivity index (χ3n) is 1.44. The van der Waals surface area contributed by atoms with Crippen LogP contribution in [0.2, 0.25) is 0 Å². The number of rotatable bonds is 0. The Hall–Kier alpha value is -0.660. The van der Waals surface area contributed by atoms with E-state index < -0.39 is 0 Å². The van der Waals surface area contributed by atoms with E-state index in [2.05, 4.69) is 16.5 Å². The van der Waals surface area contributed by atoms with Crippen LogP contribution in [-0.2, 0) is 0 Å². The molecule has 2 aromatic heterocycles. The Labute approximate surface area is 87.9 Å². The van der Waals surface area contributed by atoms with Crippen LogP contribution in [0.3, 0.4) is 0 Å². The average molecular weight is 216 g/mol. The third kappa shape index (κ3) is 3.71. The van der Waals surface area contributed by atoms with Gasteiger partial charge in [0.25, 0.3) is 0 Å². The zero-order valence-corrected chi connectivity index (χ0v) is 8.83. The molecule has 0 amide bonds. The molecule has 2 heterocycles. The maximum atomic E-state index is 5.04. The number of fused-ring (bicyclic) bond motifs is 1. The lowest BCUT2D eigenvalue weighted by atomic mass is 10.4. The quantitative estimate of drug-likeness (QED) is 0.590. The van der Waals surface area contributed by atoms with Crippen LogP contribution in [0.25, 0.3) is 5.52 Å². The minimum Gasteiger partial charge on any atom is -0.324 e. The van der Waals surface area contributed by atoms with Gasteiger partial charge in [0.05, 0.1) is 0 Å². The zero-order chi connectivity index (χ0) is 9.68. The first-order valence-electron chi connectivity index (χ1n) is 4.00. The van der Waals surface area contributed by atoms with Crippen LogP contribution >= 0.6 is 23.2 Å². The molecule has 2 aromatic rings. The normalized spacial score (nSPS) is 9.85. The Bertz CT molecular complexity index is 321. The van der Waals surface area contributed by atoms with Gasteiger partial charge in [-0.25, -0.2) is 0 Å². The van der Waals surface area contributed by atoms with E-state index in [4.69, 9.17) is 23.2 Å². The minimum atomic E-state index is -0.222. The van der Waals surface area contributed by atoms with E-state index in [1.54, 1.807) is 6.92 Å². The van der Waals surface area contributed by atoms with Gasteiger partial charge in [-0.3, -0.25) is 0 Å². The highest BCUT2D eigenvalue weighted by Gasteiger charge is 1.83. The molecule has 1 nitrogen and oxygen atoms in total. The zero-order valence-electron chi connectivity index (χ0n) is 7.32. The van der Waals surface area contributed by atoms with Gasteiger partial charge >= 0.3 is 0 Å². The summed E-state index contributed by atoms with van der Waals surface area (Å²) in [4.78, 5) is -0.222. The molecule has 3 heteroatoms. The molecular weight excluding hydrogens is 205 g/mol. The van der Waals surface area contributed by atoms with E-state index in [9.17, 15) is 0 Å². The largest absolute Gasteiger partial charge is 0.324 e. The van der Waals surface area contributed by atoms with Gasteiger partial charge in [-0.1, -0.05) is 6.07 Å². The fourth-order valence-corrected chi connectivity index (χ4v) is 0.980. The smallest absolute Gasteiger partial charge is 0.105 e. The van der Waals surface area contributed by atoms with Crippen molar-refractivity contribution in [2.24, 2.45) is 0 Å². The van der Waals surface area contributed by atoms with Gasteiger partial charge in [-0.05, 0) is 31.2 Å². The molecule has 0 N–H and O–H groups in total. The van der Waals surface area contributed by atoms with E-state index in [0.29, 0.717) is 0 Å². The Morgan fingerprint density at radius 3 is 2.23 bits per heavy atom. The van der Waals surface area contributed by atoms with Gasteiger partial charge in [0, 0.05) is 17.9 Å². The molecule has 0 saturated carbocycles. The van der Waals surface area contributed by atoms with E-state index in [1.165, 1.54) is 5.52 Å². The van der Waals surface area contributed by atoms with Crippen molar-refractivity contribution in [3.63, 3.8) is 0 Å². The average Bonchev–Trinajstić information content (AvgIpc) is 2.49. The number of halogens is 2. The molecule has 0 aliphatic carbocycles. The summed E-state index contributed by atoms with van der Waals surface area (Å²) in [6.45, 7) is 1.70. The molecule has 0 saturated heterocycles. The van der Waals surface area contributed by atoms with Crippen LogP contribution in [0.5, 0.6) is 0 Å². The molecule has 70 valence electrons. The van der Waals surface area contributed by atoms with Gasteiger partial charge in [0.1, 0.15) is 4.84 Å². The Morgan fingerprint density at radius 1 is 1.08 bits per heavy atom. The number of pyridine rings is 1. The van der Waals surface area contributed by atoms with Crippen molar-refractivity contribution in [3.05, 3.63) is 42.7 Å². The number of hydrogen-bond donors (Lipinski definition) is 0. The number of aromatic nitrogens is 1. The van der Waals surface area contributed by atoms with Crippen molar-refractivity contribution in [1.82, 2.24) is 4.40 Å². The van der Waals surface area contributed by atoms with Crippen LogP contribution in [0, 0.1) is 0 Å². The molecule has 0 aliphatic heterocycles. The van der Waals surface area contributed by atoms with Crippen LogP contribution in [0.15, 0.2) is 42.7 Å². The van der Waals surface area contributed by atoms with Crippen LogP contribution in [-0.4, -0.2) is 9.24 Å². The Balaban J connectivity index is 0.000000184. The molecule has 0 bridgehead atoms. The summed E-state index contributed by atoms with van der Waals surface area (Å²) in [5.41, 5.74) is 1.25. The Kier molecular flexibility index (Phi) is 4.13. The molecule has 0 fully saturated rings. The molecule has 0 aromatic carbocycles. The van der Waals surface area contributed by atoms with Gasteiger partial charge < -0.3 is 4.40 Å². The maximum Gasteiger partial charge on any atom is 0.105 e. The SMILES string of the molecule is CC(Cl)Cl.c1ccn2cccc2c1. The first-order chi connectivity index (χ1) is 6.20. The second-order valence-electron chi connectivity index (χ2n) is 2.56. The minimum absolute atomic E-state index is 0.222. The molecule has 2 rings (SSSR count). The number of alkyl halides is 2. The summed E-state index contributed by atoms with van der Waals surface area (Å²) in [7, 11) is 0. The van der Waals surface area contributed by atoms with E-state index in [0.717, 1.165) is 0 Å². The molecular formula is C10H11Cl2N. The summed E-state index contributed by atoms with van der Waals surface area (Å²) in [6.07, 6.45) is 4.07. The van der Waals surface area contributed by atoms with Gasteiger partial charge in [-0.2, -0.15) is 0 Å². The van der Waals surface area contributed by atoms with Crippen molar-refractivity contribution < 1.29 is 0 Å². The summed E-state index contributed by atoms with van der Waals surface area (Å²) in [6, 6.07) is 10.3. The molecule has 0 atom stereocenters. The van der Waals surface area contributed by atoms with Gasteiger partial charge in [0.15, 0.2) is 0 Å². The Morgan fingerprint density at radius 2 is 1.62 bits per heavy atom.